The van der Waals surface area contributed by atoms with Crippen molar-refractivity contribution in [2.45, 2.75) is 77.8 Å². The van der Waals surface area contributed by atoms with E-state index in [0.717, 1.165) is 37.6 Å². The molecule has 0 bridgehead atoms. The van der Waals surface area contributed by atoms with Crippen LogP contribution < -0.4 is 39.3 Å². The van der Waals surface area contributed by atoms with E-state index in [1.54, 1.807) is 40.4 Å². The van der Waals surface area contributed by atoms with Gasteiger partial charge in [0.25, 0.3) is 16.6 Å². The van der Waals surface area contributed by atoms with Gasteiger partial charge in [-0.1, -0.05) is 41.5 Å². The lowest BCUT2D eigenvalue weighted by atomic mass is 10.2. The van der Waals surface area contributed by atoms with E-state index in [0.29, 0.717) is 62.4 Å². The first kappa shape index (κ1) is 54.5. The average Bonchev–Trinajstić information content (AvgIpc) is 3.28. The van der Waals surface area contributed by atoms with Gasteiger partial charge in [0.2, 0.25) is 0 Å². The zero-order chi connectivity index (χ0) is 51.4. The molecular formula is C48H63F5N10O5Si2. The lowest BCUT2D eigenvalue weighted by Gasteiger charge is -2.36. The van der Waals surface area contributed by atoms with E-state index in [-0.39, 0.29) is 33.5 Å². The molecule has 2 fully saturated rings. The maximum Gasteiger partial charge on any atom is 0.418 e. The molecule has 22 heteroatoms. The number of benzene rings is 1. The lowest BCUT2D eigenvalue weighted by molar-refractivity contribution is 0.207. The van der Waals surface area contributed by atoms with Crippen LogP contribution in [-0.4, -0.2) is 106 Å². The van der Waals surface area contributed by atoms with Crippen LogP contribution in [-0.2, 0) is 0 Å². The Hall–Kier alpha value is -6.40. The lowest BCUT2D eigenvalue weighted by Crippen LogP contribution is -2.50. The standard InChI is InChI=1S/C21H29F2N5O2Si.C18H23FN2O3Si.C9H11F2N3/c1-21(2,3)31(4,5)30-16-6-7-18(24-14-16)26-20(29)28-10-8-27(9-11-28)19-17(23)12-15(22)13-25-19;1-18(2,3)25(4,5)24-15-10-11-16(20-12-15)21-17(22)23-14-8-6-13(19)7-9-14;10-7-5-8(11)9(13-6-7)14-3-1-12-2-4-14/h6-7,12-14H,8-11H2,1-5H3,(H,24,26,29);6-12H,1-5H3,(H,20,21,22);5-6,12H,1-4H2. The van der Waals surface area contributed by atoms with Crippen LogP contribution >= 0.6 is 0 Å². The van der Waals surface area contributed by atoms with Crippen molar-refractivity contribution >= 4 is 52.0 Å². The van der Waals surface area contributed by atoms with Gasteiger partial charge >= 0.3 is 12.1 Å². The first-order valence-electron chi connectivity index (χ1n) is 22.7. The number of pyridine rings is 4. The van der Waals surface area contributed by atoms with E-state index in [9.17, 15) is 31.5 Å². The molecule has 15 nitrogen and oxygen atoms in total. The van der Waals surface area contributed by atoms with Crippen molar-refractivity contribution in [2.75, 3.05) is 72.8 Å². The Morgan fingerprint density at radius 2 is 0.986 bits per heavy atom. The van der Waals surface area contributed by atoms with Crippen LogP contribution in [0.25, 0.3) is 0 Å². The minimum Gasteiger partial charge on any atom is -0.542 e. The number of piperazine rings is 2. The predicted octanol–water partition coefficient (Wildman–Crippen LogP) is 10.5. The average molecular weight is 1010 g/mol. The summed E-state index contributed by atoms with van der Waals surface area (Å²) in [5.74, 6) is -0.327. The molecule has 70 heavy (non-hydrogen) atoms. The summed E-state index contributed by atoms with van der Waals surface area (Å²) in [7, 11) is -3.89. The highest BCUT2D eigenvalue weighted by Gasteiger charge is 2.40. The van der Waals surface area contributed by atoms with Gasteiger partial charge in [-0.05, 0) is 84.8 Å². The fourth-order valence-corrected chi connectivity index (χ4v) is 8.16. The molecule has 1 aromatic carbocycles. The van der Waals surface area contributed by atoms with Crippen molar-refractivity contribution in [1.82, 2.24) is 30.2 Å². The molecule has 3 N–H and O–H groups in total. The van der Waals surface area contributed by atoms with E-state index in [1.165, 1.54) is 24.3 Å². The number of anilines is 4. The van der Waals surface area contributed by atoms with Crippen molar-refractivity contribution in [2.24, 2.45) is 0 Å². The number of hydrogen-bond donors (Lipinski definition) is 3. The number of aromatic nitrogens is 4. The Morgan fingerprint density at radius 1 is 0.557 bits per heavy atom. The van der Waals surface area contributed by atoms with Crippen molar-refractivity contribution in [3.63, 3.8) is 0 Å². The largest absolute Gasteiger partial charge is 0.542 e. The van der Waals surface area contributed by atoms with Crippen LogP contribution in [0.4, 0.5) is 54.8 Å². The molecule has 0 atom stereocenters. The summed E-state index contributed by atoms with van der Waals surface area (Å²) in [5.41, 5.74) is 0. The van der Waals surface area contributed by atoms with Crippen LogP contribution in [0.2, 0.25) is 36.3 Å². The zero-order valence-electron chi connectivity index (χ0n) is 41.3. The van der Waals surface area contributed by atoms with Crippen molar-refractivity contribution in [1.29, 1.82) is 0 Å². The number of halogens is 5. The zero-order valence-corrected chi connectivity index (χ0v) is 43.3. The third-order valence-electron chi connectivity index (χ3n) is 12.2. The van der Waals surface area contributed by atoms with E-state index < -0.39 is 51.8 Å². The molecular weight excluding hydrogens is 948 g/mol. The fraction of sp³-hybridized carbons (Fsp3) is 0.417. The van der Waals surface area contributed by atoms with E-state index in [2.05, 4.69) is 104 Å². The molecule has 5 aromatic rings. The molecule has 2 aliphatic heterocycles. The molecule has 0 aliphatic carbocycles. The highest BCUT2D eigenvalue weighted by molar-refractivity contribution is 6.75. The third-order valence-corrected chi connectivity index (χ3v) is 20.9. The van der Waals surface area contributed by atoms with Gasteiger partial charge in [0.05, 0.1) is 24.8 Å². The molecule has 2 aliphatic rings. The van der Waals surface area contributed by atoms with Gasteiger partial charge < -0.3 is 33.6 Å². The van der Waals surface area contributed by atoms with Crippen molar-refractivity contribution in [3.05, 3.63) is 115 Å². The highest BCUT2D eigenvalue weighted by Crippen LogP contribution is 2.38. The summed E-state index contributed by atoms with van der Waals surface area (Å²) in [4.78, 5) is 45.6. The van der Waals surface area contributed by atoms with Crippen molar-refractivity contribution in [3.8, 4) is 17.2 Å². The van der Waals surface area contributed by atoms with Gasteiger partial charge in [0, 0.05) is 64.5 Å². The number of ether oxygens (including phenoxy) is 1. The topological polar surface area (TPSA) is 159 Å². The van der Waals surface area contributed by atoms with Crippen LogP contribution in [0, 0.1) is 29.1 Å². The number of amides is 3. The molecule has 0 saturated carbocycles. The molecule has 6 heterocycles. The monoisotopic (exact) mass is 1010 g/mol. The number of carbonyl (C=O) groups excluding carboxylic acids is 2. The van der Waals surface area contributed by atoms with Crippen LogP contribution in [0.15, 0.2) is 85.5 Å². The second kappa shape index (κ2) is 23.5. The van der Waals surface area contributed by atoms with Gasteiger partial charge in [-0.2, -0.15) is 0 Å². The van der Waals surface area contributed by atoms with Gasteiger partial charge in [-0.25, -0.2) is 51.5 Å². The molecule has 4 aromatic heterocycles. The van der Waals surface area contributed by atoms with Crippen LogP contribution in [0.3, 0.4) is 0 Å². The summed E-state index contributed by atoms with van der Waals surface area (Å²) in [6.45, 7) is 26.2. The number of rotatable bonds is 9. The Morgan fingerprint density at radius 3 is 1.40 bits per heavy atom. The molecule has 3 amide bonds. The highest BCUT2D eigenvalue weighted by atomic mass is 28.4. The first-order chi connectivity index (χ1) is 32.8. The number of hydrogen-bond acceptors (Lipinski definition) is 12. The maximum absolute atomic E-state index is 13.9. The second-order valence-corrected chi connectivity index (χ2v) is 29.0. The Labute approximate surface area is 408 Å². The Bertz CT molecular complexity index is 2500. The van der Waals surface area contributed by atoms with E-state index in [1.807, 2.05) is 11.0 Å². The Kier molecular flexibility index (Phi) is 18.3. The first-order valence-corrected chi connectivity index (χ1v) is 28.5. The second-order valence-electron chi connectivity index (χ2n) is 19.5. The maximum atomic E-state index is 13.9. The minimum absolute atomic E-state index is 0.0778. The summed E-state index contributed by atoms with van der Waals surface area (Å²) >= 11 is 0. The number of carbonyl (C=O) groups is 2. The quantitative estimate of drug-likeness (QED) is 0.0949. The molecule has 378 valence electrons. The molecule has 2 saturated heterocycles. The number of urea groups is 1. The number of nitrogens with zero attached hydrogens (tertiary/aromatic N) is 7. The van der Waals surface area contributed by atoms with Crippen LogP contribution in [0.5, 0.6) is 17.2 Å². The summed E-state index contributed by atoms with van der Waals surface area (Å²) < 4.78 is 83.0. The van der Waals surface area contributed by atoms with E-state index >= 15 is 0 Å². The van der Waals surface area contributed by atoms with Gasteiger partial charge in [0.15, 0.2) is 23.3 Å². The third kappa shape index (κ3) is 15.8. The normalized spacial score (nSPS) is 14.3. The summed E-state index contributed by atoms with van der Waals surface area (Å²) in [6, 6.07) is 13.5. The molecule has 0 unspecified atom stereocenters. The van der Waals surface area contributed by atoms with Crippen molar-refractivity contribution < 1.29 is 45.1 Å². The van der Waals surface area contributed by atoms with Gasteiger partial charge in [-0.3, -0.25) is 10.6 Å². The SMILES string of the molecule is CC(C)(C)[Si](C)(C)Oc1ccc(NC(=O)N2CCN(c3ncc(F)cc3F)CC2)nc1.CC(C)(C)[Si](C)(C)Oc1ccc(NC(=O)Oc2ccc(F)cc2)nc1.Fc1cnc(N2CCNCC2)c(F)c1. The smallest absolute Gasteiger partial charge is 0.418 e. The fourth-order valence-electron chi connectivity index (χ4n) is 6.13. The number of nitrogens with one attached hydrogen (secondary N) is 3. The predicted molar refractivity (Wildman–Crippen MR) is 266 cm³/mol. The molecule has 7 rings (SSSR count). The summed E-state index contributed by atoms with van der Waals surface area (Å²) in [5, 5.41) is 8.61. The molecule has 0 spiro atoms. The van der Waals surface area contributed by atoms with Gasteiger partial charge in [-0.15, -0.1) is 0 Å². The van der Waals surface area contributed by atoms with Crippen LogP contribution in [0.1, 0.15) is 41.5 Å². The van der Waals surface area contributed by atoms with Gasteiger partial charge in [0.1, 0.15) is 46.3 Å². The molecule has 0 radical (unpaired) electrons. The Balaban J connectivity index is 0.000000209. The van der Waals surface area contributed by atoms with E-state index in [4.69, 9.17) is 13.6 Å². The minimum atomic E-state index is -1.96. The summed E-state index contributed by atoms with van der Waals surface area (Å²) in [6.07, 6.45) is 4.53.